The van der Waals surface area contributed by atoms with Crippen molar-refractivity contribution in [1.82, 2.24) is 15.8 Å². The highest BCUT2D eigenvalue weighted by molar-refractivity contribution is 6.33. The van der Waals surface area contributed by atoms with Crippen molar-refractivity contribution in [3.05, 3.63) is 40.6 Å². The number of benzene rings is 1. The summed E-state index contributed by atoms with van der Waals surface area (Å²) in [5, 5.41) is 9.82. The molecule has 1 heterocycles. The summed E-state index contributed by atoms with van der Waals surface area (Å²) < 4.78 is 5.16. The molecule has 24 heavy (non-hydrogen) atoms. The molecule has 0 fully saturated rings. The van der Waals surface area contributed by atoms with E-state index in [0.717, 1.165) is 6.42 Å². The Morgan fingerprint density at radius 3 is 2.71 bits per heavy atom. The minimum atomic E-state index is -0.669. The van der Waals surface area contributed by atoms with Crippen molar-refractivity contribution in [2.24, 2.45) is 0 Å². The third-order valence-electron chi connectivity index (χ3n) is 3.51. The van der Waals surface area contributed by atoms with Crippen molar-refractivity contribution in [3.8, 4) is 11.3 Å². The summed E-state index contributed by atoms with van der Waals surface area (Å²) in [5.41, 5.74) is 1.24. The zero-order valence-corrected chi connectivity index (χ0v) is 14.6. The van der Waals surface area contributed by atoms with E-state index >= 15 is 0 Å². The Balaban J connectivity index is 2.23. The quantitative estimate of drug-likeness (QED) is 0.839. The molecule has 0 radical (unpaired) electrons. The molecule has 2 aromatic rings. The molecule has 128 valence electrons. The molecule has 2 amide bonds. The van der Waals surface area contributed by atoms with Gasteiger partial charge in [-0.2, -0.15) is 0 Å². The predicted octanol–water partition coefficient (Wildman–Crippen LogP) is 2.95. The Morgan fingerprint density at radius 1 is 1.33 bits per heavy atom. The van der Waals surface area contributed by atoms with Crippen molar-refractivity contribution in [3.63, 3.8) is 0 Å². The number of aromatic nitrogens is 1. The van der Waals surface area contributed by atoms with Crippen LogP contribution in [-0.4, -0.2) is 29.6 Å². The van der Waals surface area contributed by atoms with Gasteiger partial charge in [-0.05, 0) is 26.3 Å². The highest BCUT2D eigenvalue weighted by Gasteiger charge is 2.25. The van der Waals surface area contributed by atoms with Gasteiger partial charge in [0.05, 0.1) is 5.02 Å². The Bertz CT molecular complexity index is 742. The molecule has 1 atom stereocenters. The second kappa shape index (κ2) is 7.97. The molecular formula is C17H20ClN3O3. The van der Waals surface area contributed by atoms with E-state index in [9.17, 15) is 9.59 Å². The van der Waals surface area contributed by atoms with Crippen molar-refractivity contribution < 1.29 is 14.1 Å². The maximum Gasteiger partial charge on any atom is 0.257 e. The van der Waals surface area contributed by atoms with Crippen LogP contribution in [0.1, 0.15) is 36.4 Å². The van der Waals surface area contributed by atoms with Gasteiger partial charge in [0.2, 0.25) is 5.91 Å². The number of hydrogen-bond acceptors (Lipinski definition) is 4. The Morgan fingerprint density at radius 2 is 2.04 bits per heavy atom. The molecule has 0 saturated carbocycles. The molecule has 6 nitrogen and oxygen atoms in total. The van der Waals surface area contributed by atoms with Gasteiger partial charge < -0.3 is 15.2 Å². The molecule has 0 aliphatic carbocycles. The summed E-state index contributed by atoms with van der Waals surface area (Å²) in [6.45, 7) is 5.79. The number of amides is 2. The standard InChI is InChI=1S/C17H20ClN3O3/c1-4-9-19-16(22)10(2)20-17(23)14-11(3)24-21-15(14)12-7-5-6-8-13(12)18/h5-8,10H,4,9H2,1-3H3,(H,19,22)(H,20,23)/t10-/m0/s1. The second-order valence-corrected chi connectivity index (χ2v) is 5.84. The fourth-order valence-corrected chi connectivity index (χ4v) is 2.44. The van der Waals surface area contributed by atoms with Crippen molar-refractivity contribution in [2.45, 2.75) is 33.2 Å². The van der Waals surface area contributed by atoms with E-state index in [1.54, 1.807) is 38.1 Å². The lowest BCUT2D eigenvalue weighted by atomic mass is 10.1. The predicted molar refractivity (Wildman–Crippen MR) is 91.9 cm³/mol. The lowest BCUT2D eigenvalue weighted by Gasteiger charge is -2.14. The Labute approximate surface area is 145 Å². The van der Waals surface area contributed by atoms with Gasteiger partial charge in [-0.3, -0.25) is 9.59 Å². The van der Waals surface area contributed by atoms with Crippen LogP contribution in [0.4, 0.5) is 0 Å². The van der Waals surface area contributed by atoms with Crippen LogP contribution in [0.15, 0.2) is 28.8 Å². The van der Waals surface area contributed by atoms with Gasteiger partial charge in [-0.1, -0.05) is 41.9 Å². The lowest BCUT2D eigenvalue weighted by Crippen LogP contribution is -2.45. The van der Waals surface area contributed by atoms with Crippen molar-refractivity contribution >= 4 is 23.4 Å². The number of hydrogen-bond donors (Lipinski definition) is 2. The minimum absolute atomic E-state index is 0.237. The molecule has 0 aliphatic rings. The summed E-state index contributed by atoms with van der Waals surface area (Å²) in [6, 6.07) is 6.39. The molecule has 1 aromatic heterocycles. The number of nitrogens with zero attached hydrogens (tertiary/aromatic N) is 1. The van der Waals surface area contributed by atoms with Crippen LogP contribution in [0.2, 0.25) is 5.02 Å². The van der Waals surface area contributed by atoms with Gasteiger partial charge in [-0.15, -0.1) is 0 Å². The number of aryl methyl sites for hydroxylation is 1. The zero-order valence-electron chi connectivity index (χ0n) is 13.9. The average molecular weight is 350 g/mol. The first-order chi connectivity index (χ1) is 11.5. The number of carbonyl (C=O) groups is 2. The van der Waals surface area contributed by atoms with E-state index in [-0.39, 0.29) is 11.5 Å². The van der Waals surface area contributed by atoms with Crippen molar-refractivity contribution in [2.75, 3.05) is 6.54 Å². The molecular weight excluding hydrogens is 330 g/mol. The normalized spacial score (nSPS) is 11.8. The first-order valence-electron chi connectivity index (χ1n) is 7.75. The number of halogens is 1. The number of carbonyl (C=O) groups excluding carboxylic acids is 2. The van der Waals surface area contributed by atoms with E-state index in [1.165, 1.54) is 0 Å². The molecule has 0 unspecified atom stereocenters. The van der Waals surface area contributed by atoms with Gasteiger partial charge in [0, 0.05) is 12.1 Å². The van der Waals surface area contributed by atoms with E-state index in [4.69, 9.17) is 16.1 Å². The fourth-order valence-electron chi connectivity index (χ4n) is 2.21. The molecule has 1 aromatic carbocycles. The van der Waals surface area contributed by atoms with Crippen LogP contribution in [-0.2, 0) is 4.79 Å². The van der Waals surface area contributed by atoms with Gasteiger partial charge in [0.1, 0.15) is 23.1 Å². The molecule has 2 N–H and O–H groups in total. The van der Waals surface area contributed by atoms with Crippen LogP contribution in [0.3, 0.4) is 0 Å². The second-order valence-electron chi connectivity index (χ2n) is 5.43. The third-order valence-corrected chi connectivity index (χ3v) is 3.84. The van der Waals surface area contributed by atoms with E-state index < -0.39 is 11.9 Å². The van der Waals surface area contributed by atoms with Gasteiger partial charge in [-0.25, -0.2) is 0 Å². The van der Waals surface area contributed by atoms with E-state index in [0.29, 0.717) is 28.6 Å². The Hall–Kier alpha value is -2.34. The molecule has 2 rings (SSSR count). The monoisotopic (exact) mass is 349 g/mol. The minimum Gasteiger partial charge on any atom is -0.360 e. The summed E-state index contributed by atoms with van der Waals surface area (Å²) in [7, 11) is 0. The highest BCUT2D eigenvalue weighted by atomic mass is 35.5. The largest absolute Gasteiger partial charge is 0.360 e. The van der Waals surface area contributed by atoms with Crippen LogP contribution < -0.4 is 10.6 Å². The first-order valence-corrected chi connectivity index (χ1v) is 8.13. The molecule has 7 heteroatoms. The summed E-state index contributed by atoms with van der Waals surface area (Å²) in [5.74, 6) is -0.301. The summed E-state index contributed by atoms with van der Waals surface area (Å²) in [6.07, 6.45) is 0.827. The van der Waals surface area contributed by atoms with Gasteiger partial charge in [0.25, 0.3) is 5.91 Å². The molecule has 0 bridgehead atoms. The smallest absolute Gasteiger partial charge is 0.257 e. The van der Waals surface area contributed by atoms with Crippen LogP contribution in [0.25, 0.3) is 11.3 Å². The number of rotatable bonds is 6. The molecule has 0 aliphatic heterocycles. The topological polar surface area (TPSA) is 84.2 Å². The maximum absolute atomic E-state index is 12.6. The maximum atomic E-state index is 12.6. The van der Waals surface area contributed by atoms with Crippen molar-refractivity contribution in [1.29, 1.82) is 0 Å². The third kappa shape index (κ3) is 3.94. The van der Waals surface area contributed by atoms with Crippen LogP contribution in [0.5, 0.6) is 0 Å². The summed E-state index contributed by atoms with van der Waals surface area (Å²) >= 11 is 6.18. The van der Waals surface area contributed by atoms with E-state index in [1.807, 2.05) is 6.92 Å². The van der Waals surface area contributed by atoms with Gasteiger partial charge >= 0.3 is 0 Å². The van der Waals surface area contributed by atoms with Crippen LogP contribution in [0, 0.1) is 6.92 Å². The fraction of sp³-hybridized carbons (Fsp3) is 0.353. The highest BCUT2D eigenvalue weighted by Crippen LogP contribution is 2.30. The summed E-state index contributed by atoms with van der Waals surface area (Å²) in [4.78, 5) is 24.5. The number of nitrogens with one attached hydrogen (secondary N) is 2. The molecule has 0 saturated heterocycles. The first kappa shape index (κ1) is 18.0. The lowest BCUT2D eigenvalue weighted by molar-refractivity contribution is -0.122. The average Bonchev–Trinajstić information content (AvgIpc) is 2.94. The van der Waals surface area contributed by atoms with E-state index in [2.05, 4.69) is 15.8 Å². The zero-order chi connectivity index (χ0) is 17.7. The van der Waals surface area contributed by atoms with Crippen LogP contribution >= 0.6 is 11.6 Å². The van der Waals surface area contributed by atoms with Gasteiger partial charge in [0.15, 0.2) is 0 Å². The SMILES string of the molecule is CCCNC(=O)[C@H](C)NC(=O)c1c(-c2ccccc2Cl)noc1C. The molecule has 0 spiro atoms. The Kier molecular flexibility index (Phi) is 5.98.